The predicted molar refractivity (Wildman–Crippen MR) is 77.4 cm³/mol. The normalized spacial score (nSPS) is 11.4. The first-order chi connectivity index (χ1) is 9.13. The second-order valence-electron chi connectivity index (χ2n) is 4.90. The van der Waals surface area contributed by atoms with Gasteiger partial charge in [0.1, 0.15) is 17.4 Å². The highest BCUT2D eigenvalue weighted by atomic mass is 15.3. The van der Waals surface area contributed by atoms with Crippen LogP contribution in [-0.2, 0) is 6.54 Å². The smallest absolute Gasteiger partial charge is 0.155 e. The summed E-state index contributed by atoms with van der Waals surface area (Å²) in [5.41, 5.74) is 2.90. The van der Waals surface area contributed by atoms with Crippen molar-refractivity contribution >= 4 is 16.9 Å². The standard InChI is InChI=1S/C13H22N6/c1-5-19-12-11(10(2)17-19)15-9-16-13(12)14-7-6-8-18(3)4/h9H,5-8H2,1-4H3,(H,14,15,16). The molecule has 0 unspecified atom stereocenters. The minimum absolute atomic E-state index is 0.824. The summed E-state index contributed by atoms with van der Waals surface area (Å²) < 4.78 is 1.96. The van der Waals surface area contributed by atoms with Crippen molar-refractivity contribution in [3.63, 3.8) is 0 Å². The lowest BCUT2D eigenvalue weighted by atomic mass is 10.3. The Hall–Kier alpha value is -1.69. The molecule has 0 saturated heterocycles. The first-order valence-electron chi connectivity index (χ1n) is 6.70. The van der Waals surface area contributed by atoms with E-state index >= 15 is 0 Å². The predicted octanol–water partition coefficient (Wildman–Crippen LogP) is 1.52. The highest BCUT2D eigenvalue weighted by Crippen LogP contribution is 2.21. The molecular weight excluding hydrogens is 240 g/mol. The van der Waals surface area contributed by atoms with Crippen LogP contribution in [0.15, 0.2) is 6.33 Å². The Morgan fingerprint density at radius 1 is 1.32 bits per heavy atom. The minimum Gasteiger partial charge on any atom is -0.368 e. The number of fused-ring (bicyclic) bond motifs is 1. The number of aromatic nitrogens is 4. The number of hydrogen-bond acceptors (Lipinski definition) is 5. The largest absolute Gasteiger partial charge is 0.368 e. The van der Waals surface area contributed by atoms with E-state index in [9.17, 15) is 0 Å². The Balaban J connectivity index is 2.18. The van der Waals surface area contributed by atoms with Crippen LogP contribution in [0.2, 0.25) is 0 Å². The molecule has 0 aliphatic carbocycles. The fourth-order valence-electron chi connectivity index (χ4n) is 2.13. The lowest BCUT2D eigenvalue weighted by molar-refractivity contribution is 0.405. The Kier molecular flexibility index (Phi) is 4.31. The van der Waals surface area contributed by atoms with Crippen molar-refractivity contribution in [3.8, 4) is 0 Å². The molecule has 0 spiro atoms. The van der Waals surface area contributed by atoms with Crippen LogP contribution in [0.5, 0.6) is 0 Å². The van der Waals surface area contributed by atoms with Gasteiger partial charge in [0.15, 0.2) is 5.82 Å². The maximum atomic E-state index is 4.49. The summed E-state index contributed by atoms with van der Waals surface area (Å²) in [6, 6.07) is 0. The van der Waals surface area contributed by atoms with Gasteiger partial charge in [-0.2, -0.15) is 5.10 Å². The molecule has 0 fully saturated rings. The number of anilines is 1. The fourth-order valence-corrected chi connectivity index (χ4v) is 2.13. The molecule has 0 atom stereocenters. The highest BCUT2D eigenvalue weighted by molar-refractivity contribution is 5.87. The van der Waals surface area contributed by atoms with Crippen LogP contribution in [0.1, 0.15) is 19.0 Å². The second kappa shape index (κ2) is 5.97. The lowest BCUT2D eigenvalue weighted by Crippen LogP contribution is -2.17. The van der Waals surface area contributed by atoms with Crippen LogP contribution in [0.3, 0.4) is 0 Å². The Morgan fingerprint density at radius 2 is 2.11 bits per heavy atom. The van der Waals surface area contributed by atoms with E-state index in [0.717, 1.165) is 48.6 Å². The van der Waals surface area contributed by atoms with Crippen LogP contribution < -0.4 is 5.32 Å². The second-order valence-corrected chi connectivity index (χ2v) is 4.90. The molecular formula is C13H22N6. The summed E-state index contributed by atoms with van der Waals surface area (Å²) in [4.78, 5) is 10.9. The molecule has 2 rings (SSSR count). The number of rotatable bonds is 6. The van der Waals surface area contributed by atoms with Gasteiger partial charge in [-0.1, -0.05) is 0 Å². The van der Waals surface area contributed by atoms with Crippen molar-refractivity contribution in [3.05, 3.63) is 12.0 Å². The third kappa shape index (κ3) is 3.01. The first-order valence-corrected chi connectivity index (χ1v) is 6.70. The Labute approximate surface area is 113 Å². The van der Waals surface area contributed by atoms with E-state index in [1.807, 2.05) is 11.6 Å². The Bertz CT molecular complexity index is 545. The van der Waals surface area contributed by atoms with Crippen molar-refractivity contribution in [2.24, 2.45) is 0 Å². The van der Waals surface area contributed by atoms with Gasteiger partial charge in [0.25, 0.3) is 0 Å². The maximum Gasteiger partial charge on any atom is 0.155 e. The van der Waals surface area contributed by atoms with Crippen molar-refractivity contribution in [1.29, 1.82) is 0 Å². The minimum atomic E-state index is 0.824. The summed E-state index contributed by atoms with van der Waals surface area (Å²) in [6.45, 7) is 6.85. The molecule has 0 amide bonds. The van der Waals surface area contributed by atoms with Gasteiger partial charge in [-0.3, -0.25) is 4.68 Å². The number of nitrogens with zero attached hydrogens (tertiary/aromatic N) is 5. The van der Waals surface area contributed by atoms with Gasteiger partial charge in [0.05, 0.1) is 5.69 Å². The van der Waals surface area contributed by atoms with Gasteiger partial charge in [-0.25, -0.2) is 9.97 Å². The van der Waals surface area contributed by atoms with E-state index in [-0.39, 0.29) is 0 Å². The monoisotopic (exact) mass is 262 g/mol. The van der Waals surface area contributed by atoms with Gasteiger partial charge < -0.3 is 10.2 Å². The van der Waals surface area contributed by atoms with E-state index < -0.39 is 0 Å². The molecule has 0 aliphatic heterocycles. The molecule has 2 aromatic rings. The van der Waals surface area contributed by atoms with Gasteiger partial charge in [-0.15, -0.1) is 0 Å². The van der Waals surface area contributed by atoms with E-state index in [2.05, 4.69) is 46.3 Å². The van der Waals surface area contributed by atoms with Crippen molar-refractivity contribution in [2.75, 3.05) is 32.5 Å². The van der Waals surface area contributed by atoms with E-state index in [1.165, 1.54) is 0 Å². The topological polar surface area (TPSA) is 58.9 Å². The third-order valence-corrected chi connectivity index (χ3v) is 3.07. The molecule has 0 aliphatic rings. The zero-order valence-electron chi connectivity index (χ0n) is 12.1. The molecule has 6 heteroatoms. The summed E-state index contributed by atoms with van der Waals surface area (Å²) >= 11 is 0. The molecule has 1 N–H and O–H groups in total. The highest BCUT2D eigenvalue weighted by Gasteiger charge is 2.12. The van der Waals surface area contributed by atoms with Crippen LogP contribution >= 0.6 is 0 Å². The summed E-state index contributed by atoms with van der Waals surface area (Å²) in [6.07, 6.45) is 2.68. The van der Waals surface area contributed by atoms with Crippen molar-refractivity contribution in [1.82, 2.24) is 24.6 Å². The average Bonchev–Trinajstić information content (AvgIpc) is 2.72. The summed E-state index contributed by atoms with van der Waals surface area (Å²) in [5.74, 6) is 0.881. The molecule has 0 saturated carbocycles. The summed E-state index contributed by atoms with van der Waals surface area (Å²) in [7, 11) is 4.16. The van der Waals surface area contributed by atoms with E-state index in [0.29, 0.717) is 0 Å². The number of aryl methyl sites for hydroxylation is 2. The van der Waals surface area contributed by atoms with Crippen molar-refractivity contribution in [2.45, 2.75) is 26.8 Å². The molecule has 0 aromatic carbocycles. The number of nitrogens with one attached hydrogen (secondary N) is 1. The number of hydrogen-bond donors (Lipinski definition) is 1. The van der Waals surface area contributed by atoms with Gasteiger partial charge in [-0.05, 0) is 40.9 Å². The fraction of sp³-hybridized carbons (Fsp3) is 0.615. The van der Waals surface area contributed by atoms with Crippen LogP contribution in [0.4, 0.5) is 5.82 Å². The zero-order chi connectivity index (χ0) is 13.8. The van der Waals surface area contributed by atoms with Gasteiger partial charge in [0.2, 0.25) is 0 Å². The molecule has 2 heterocycles. The summed E-state index contributed by atoms with van der Waals surface area (Å²) in [5, 5.41) is 7.88. The molecule has 2 aromatic heterocycles. The SMILES string of the molecule is CCn1nc(C)c2ncnc(NCCCN(C)C)c21. The quantitative estimate of drug-likeness (QED) is 0.800. The molecule has 0 radical (unpaired) electrons. The third-order valence-electron chi connectivity index (χ3n) is 3.07. The van der Waals surface area contributed by atoms with Crippen molar-refractivity contribution < 1.29 is 0 Å². The lowest BCUT2D eigenvalue weighted by Gasteiger charge is -2.11. The maximum absolute atomic E-state index is 4.49. The van der Waals surface area contributed by atoms with Crippen LogP contribution in [-0.4, -0.2) is 51.8 Å². The molecule has 104 valence electrons. The molecule has 6 nitrogen and oxygen atoms in total. The zero-order valence-corrected chi connectivity index (χ0v) is 12.1. The van der Waals surface area contributed by atoms with E-state index in [1.54, 1.807) is 6.33 Å². The molecule has 19 heavy (non-hydrogen) atoms. The average molecular weight is 262 g/mol. The van der Waals surface area contributed by atoms with Gasteiger partial charge >= 0.3 is 0 Å². The molecule has 0 bridgehead atoms. The van der Waals surface area contributed by atoms with Gasteiger partial charge in [0, 0.05) is 13.1 Å². The van der Waals surface area contributed by atoms with Crippen LogP contribution in [0.25, 0.3) is 11.0 Å². The first kappa shape index (κ1) is 13.7. The van der Waals surface area contributed by atoms with E-state index in [4.69, 9.17) is 0 Å². The van der Waals surface area contributed by atoms with Crippen LogP contribution in [0, 0.1) is 6.92 Å². The Morgan fingerprint density at radius 3 is 2.79 bits per heavy atom.